The van der Waals surface area contributed by atoms with Crippen LogP contribution in [0.4, 0.5) is 0 Å². The Morgan fingerprint density at radius 2 is 1.72 bits per heavy atom. The summed E-state index contributed by atoms with van der Waals surface area (Å²) in [5, 5.41) is 6.97. The summed E-state index contributed by atoms with van der Waals surface area (Å²) >= 11 is 0. The van der Waals surface area contributed by atoms with Crippen molar-refractivity contribution >= 4 is 29.9 Å². The van der Waals surface area contributed by atoms with E-state index < -0.39 is 0 Å². The number of halogens is 1. The van der Waals surface area contributed by atoms with E-state index in [0.29, 0.717) is 12.0 Å². The van der Waals surface area contributed by atoms with E-state index in [9.17, 15) is 0 Å². The Morgan fingerprint density at radius 3 is 2.28 bits per heavy atom. The van der Waals surface area contributed by atoms with Crippen LogP contribution in [0.25, 0.3) is 0 Å². The molecular formula is C22H40IN5O. The molecule has 1 aromatic carbocycles. The molecule has 1 heterocycles. The second-order valence-corrected chi connectivity index (χ2v) is 8.29. The predicted octanol–water partition coefficient (Wildman–Crippen LogP) is 2.78. The molecular weight excluding hydrogens is 477 g/mol. The smallest absolute Gasteiger partial charge is 0.191 e. The molecule has 1 unspecified atom stereocenters. The van der Waals surface area contributed by atoms with Gasteiger partial charge in [-0.05, 0) is 37.6 Å². The highest BCUT2D eigenvalue weighted by Gasteiger charge is 2.22. The monoisotopic (exact) mass is 517 g/mol. The molecule has 0 bridgehead atoms. The van der Waals surface area contributed by atoms with Crippen LogP contribution < -0.4 is 10.6 Å². The second kappa shape index (κ2) is 14.2. The van der Waals surface area contributed by atoms with Crippen molar-refractivity contribution in [2.45, 2.75) is 39.4 Å². The molecule has 1 fully saturated rings. The van der Waals surface area contributed by atoms with Crippen molar-refractivity contribution in [2.75, 3.05) is 54.0 Å². The minimum absolute atomic E-state index is 0. The van der Waals surface area contributed by atoms with Gasteiger partial charge >= 0.3 is 0 Å². The highest BCUT2D eigenvalue weighted by atomic mass is 127. The van der Waals surface area contributed by atoms with E-state index in [1.807, 2.05) is 7.05 Å². The zero-order valence-electron chi connectivity index (χ0n) is 18.8. The number of nitrogens with zero attached hydrogens (tertiary/aromatic N) is 3. The molecule has 1 atom stereocenters. The number of hydrogen-bond donors (Lipinski definition) is 2. The summed E-state index contributed by atoms with van der Waals surface area (Å²) in [6.45, 7) is 10.9. The van der Waals surface area contributed by atoms with Crippen molar-refractivity contribution in [3.63, 3.8) is 0 Å². The number of nitrogens with one attached hydrogen (secondary N) is 2. The fraction of sp³-hybridized carbons (Fsp3) is 0.682. The van der Waals surface area contributed by atoms with Gasteiger partial charge in [0.05, 0.1) is 13.2 Å². The van der Waals surface area contributed by atoms with Gasteiger partial charge in [-0.25, -0.2) is 0 Å². The molecule has 0 spiro atoms. The largest absolute Gasteiger partial charge is 0.379 e. The van der Waals surface area contributed by atoms with E-state index in [-0.39, 0.29) is 24.0 Å². The van der Waals surface area contributed by atoms with Crippen LogP contribution in [0.15, 0.2) is 29.3 Å². The summed E-state index contributed by atoms with van der Waals surface area (Å²) in [4.78, 5) is 9.13. The highest BCUT2D eigenvalue weighted by Crippen LogP contribution is 2.13. The lowest BCUT2D eigenvalue weighted by atomic mass is 10.0. The maximum Gasteiger partial charge on any atom is 0.191 e. The van der Waals surface area contributed by atoms with Crippen LogP contribution in [0.5, 0.6) is 0 Å². The summed E-state index contributed by atoms with van der Waals surface area (Å²) in [5.41, 5.74) is 2.59. The molecule has 29 heavy (non-hydrogen) atoms. The molecule has 6 nitrogen and oxygen atoms in total. The van der Waals surface area contributed by atoms with Crippen molar-refractivity contribution in [1.82, 2.24) is 20.4 Å². The molecule has 2 rings (SSSR count). The number of ether oxygens (including phenoxy) is 1. The predicted molar refractivity (Wildman–Crippen MR) is 133 cm³/mol. The summed E-state index contributed by atoms with van der Waals surface area (Å²) in [6.07, 6.45) is 1.18. The summed E-state index contributed by atoms with van der Waals surface area (Å²) in [7, 11) is 6.02. The van der Waals surface area contributed by atoms with Crippen molar-refractivity contribution in [3.05, 3.63) is 35.4 Å². The van der Waals surface area contributed by atoms with Gasteiger partial charge in [-0.1, -0.05) is 38.1 Å². The fourth-order valence-electron chi connectivity index (χ4n) is 3.60. The van der Waals surface area contributed by atoms with E-state index >= 15 is 0 Å². The maximum atomic E-state index is 5.52. The third-order valence-electron chi connectivity index (χ3n) is 5.02. The second-order valence-electron chi connectivity index (χ2n) is 8.29. The van der Waals surface area contributed by atoms with Gasteiger partial charge in [-0.15, -0.1) is 24.0 Å². The SMILES string of the molecule is CN=C(NCc1ccc(CN(C)C)cc1)NCC(CC(C)C)N1CCOCC1.I. The average molecular weight is 518 g/mol. The number of morpholine rings is 1. The molecule has 0 aromatic heterocycles. The molecule has 0 amide bonds. The van der Waals surface area contributed by atoms with E-state index in [4.69, 9.17) is 4.74 Å². The van der Waals surface area contributed by atoms with Crippen LogP contribution in [0.1, 0.15) is 31.4 Å². The van der Waals surface area contributed by atoms with E-state index in [2.05, 4.69) is 77.6 Å². The summed E-state index contributed by atoms with van der Waals surface area (Å²) in [6, 6.07) is 9.28. The number of guanidine groups is 1. The first kappa shape index (κ1) is 26.1. The van der Waals surface area contributed by atoms with E-state index in [1.165, 1.54) is 17.5 Å². The summed E-state index contributed by atoms with van der Waals surface area (Å²) in [5.74, 6) is 1.53. The molecule has 0 saturated carbocycles. The van der Waals surface area contributed by atoms with Gasteiger partial charge in [0.25, 0.3) is 0 Å². The zero-order valence-corrected chi connectivity index (χ0v) is 21.1. The Morgan fingerprint density at radius 1 is 1.10 bits per heavy atom. The van der Waals surface area contributed by atoms with Crippen molar-refractivity contribution in [2.24, 2.45) is 10.9 Å². The van der Waals surface area contributed by atoms with Crippen LogP contribution in [-0.4, -0.2) is 75.8 Å². The van der Waals surface area contributed by atoms with Crippen molar-refractivity contribution in [1.29, 1.82) is 0 Å². The zero-order chi connectivity index (χ0) is 20.4. The van der Waals surface area contributed by atoms with Crippen LogP contribution >= 0.6 is 24.0 Å². The third kappa shape index (κ3) is 10.1. The molecule has 166 valence electrons. The lowest BCUT2D eigenvalue weighted by Gasteiger charge is -2.35. The third-order valence-corrected chi connectivity index (χ3v) is 5.02. The normalized spacial score (nSPS) is 16.6. The average Bonchev–Trinajstić information content (AvgIpc) is 2.68. The molecule has 2 N–H and O–H groups in total. The highest BCUT2D eigenvalue weighted by molar-refractivity contribution is 14.0. The molecule has 1 aliphatic rings. The lowest BCUT2D eigenvalue weighted by molar-refractivity contribution is 0.0132. The molecule has 7 heteroatoms. The number of hydrogen-bond acceptors (Lipinski definition) is 4. The first-order valence-electron chi connectivity index (χ1n) is 10.5. The fourth-order valence-corrected chi connectivity index (χ4v) is 3.60. The standard InChI is InChI=1S/C22H39N5O.HI/c1-18(2)14-21(27-10-12-28-13-11-27)16-25-22(23-3)24-15-19-6-8-20(9-7-19)17-26(4)5;/h6-9,18,21H,10-17H2,1-5H3,(H2,23,24,25);1H. The number of benzene rings is 1. The quantitative estimate of drug-likeness (QED) is 0.300. The van der Waals surface area contributed by atoms with Gasteiger partial charge in [0.15, 0.2) is 5.96 Å². The molecule has 1 aliphatic heterocycles. The Balaban J connectivity index is 0.00000420. The van der Waals surface area contributed by atoms with Crippen LogP contribution in [-0.2, 0) is 17.8 Å². The molecule has 1 aromatic rings. The topological polar surface area (TPSA) is 52.1 Å². The van der Waals surface area contributed by atoms with E-state index in [0.717, 1.165) is 51.9 Å². The first-order chi connectivity index (χ1) is 13.5. The minimum Gasteiger partial charge on any atom is -0.379 e. The Bertz CT molecular complexity index is 585. The summed E-state index contributed by atoms with van der Waals surface area (Å²) < 4.78 is 5.52. The van der Waals surface area contributed by atoms with Gasteiger partial charge in [-0.2, -0.15) is 0 Å². The number of rotatable bonds is 9. The number of aliphatic imine (C=N–C) groups is 1. The minimum atomic E-state index is 0. The Kier molecular flexibility index (Phi) is 12.8. The Hall–Kier alpha value is -0.900. The van der Waals surface area contributed by atoms with Gasteiger partial charge in [-0.3, -0.25) is 9.89 Å². The van der Waals surface area contributed by atoms with Gasteiger partial charge in [0.1, 0.15) is 0 Å². The maximum absolute atomic E-state index is 5.52. The van der Waals surface area contributed by atoms with Gasteiger partial charge in [0.2, 0.25) is 0 Å². The molecule has 1 saturated heterocycles. The van der Waals surface area contributed by atoms with E-state index in [1.54, 1.807) is 0 Å². The lowest BCUT2D eigenvalue weighted by Crippen LogP contribution is -2.50. The molecule has 0 radical (unpaired) electrons. The van der Waals surface area contributed by atoms with Gasteiger partial charge < -0.3 is 20.3 Å². The van der Waals surface area contributed by atoms with Crippen LogP contribution in [0.3, 0.4) is 0 Å². The molecule has 0 aliphatic carbocycles. The van der Waals surface area contributed by atoms with Crippen molar-refractivity contribution < 1.29 is 4.74 Å². The van der Waals surface area contributed by atoms with Gasteiger partial charge in [0, 0.05) is 45.8 Å². The van der Waals surface area contributed by atoms with Crippen LogP contribution in [0, 0.1) is 5.92 Å². The Labute approximate surface area is 194 Å². The first-order valence-corrected chi connectivity index (χ1v) is 10.5. The van der Waals surface area contributed by atoms with Crippen LogP contribution in [0.2, 0.25) is 0 Å². The van der Waals surface area contributed by atoms with Crippen molar-refractivity contribution in [3.8, 4) is 0 Å².